The maximum absolute atomic E-state index is 11.9. The summed E-state index contributed by atoms with van der Waals surface area (Å²) < 4.78 is 0. The van der Waals surface area contributed by atoms with E-state index in [9.17, 15) is 4.79 Å². The first-order valence-corrected chi connectivity index (χ1v) is 6.67. The molecule has 98 valence electrons. The monoisotopic (exact) mass is 247 g/mol. The smallest absolute Gasteiger partial charge is 0.137 e. The molecule has 1 aromatic heterocycles. The molecule has 3 N–H and O–H groups in total. The van der Waals surface area contributed by atoms with E-state index < -0.39 is 0 Å². The number of nitrogens with two attached hydrogens (primary N) is 1. The van der Waals surface area contributed by atoms with Gasteiger partial charge in [-0.3, -0.25) is 4.79 Å². The van der Waals surface area contributed by atoms with E-state index in [1.807, 2.05) is 6.07 Å². The molecule has 0 saturated carbocycles. The fourth-order valence-corrected chi connectivity index (χ4v) is 2.46. The molecule has 2 rings (SSSR count). The van der Waals surface area contributed by atoms with Crippen LogP contribution in [0.1, 0.15) is 31.2 Å². The Morgan fingerprint density at radius 3 is 2.94 bits per heavy atom. The molecule has 4 nitrogen and oxygen atoms in total. The fourth-order valence-electron chi connectivity index (χ4n) is 2.46. The summed E-state index contributed by atoms with van der Waals surface area (Å²) in [5, 5.41) is 3.34. The Balaban J connectivity index is 1.74. The lowest BCUT2D eigenvalue weighted by molar-refractivity contribution is -0.118. The van der Waals surface area contributed by atoms with E-state index in [2.05, 4.69) is 10.3 Å². The summed E-state index contributed by atoms with van der Waals surface area (Å²) in [5.74, 6) is 1.51. The van der Waals surface area contributed by atoms with Gasteiger partial charge >= 0.3 is 0 Å². The van der Waals surface area contributed by atoms with Crippen molar-refractivity contribution in [3.63, 3.8) is 0 Å². The van der Waals surface area contributed by atoms with Gasteiger partial charge < -0.3 is 11.1 Å². The molecule has 0 spiro atoms. The largest absolute Gasteiger partial charge is 0.384 e. The summed E-state index contributed by atoms with van der Waals surface area (Å²) in [6.45, 7) is 2.19. The van der Waals surface area contributed by atoms with E-state index in [0.717, 1.165) is 31.0 Å². The summed E-state index contributed by atoms with van der Waals surface area (Å²) in [6, 6.07) is 3.64. The highest BCUT2D eigenvalue weighted by Gasteiger charge is 2.14. The van der Waals surface area contributed by atoms with Crippen molar-refractivity contribution >= 4 is 11.6 Å². The molecule has 4 heteroatoms. The van der Waals surface area contributed by atoms with Gasteiger partial charge in [0.05, 0.1) is 0 Å². The van der Waals surface area contributed by atoms with Crippen molar-refractivity contribution < 1.29 is 4.79 Å². The van der Waals surface area contributed by atoms with E-state index in [1.165, 1.54) is 12.8 Å². The zero-order valence-electron chi connectivity index (χ0n) is 10.7. The lowest BCUT2D eigenvalue weighted by atomic mass is 9.91. The van der Waals surface area contributed by atoms with Crippen LogP contribution >= 0.6 is 0 Å². The molecule has 0 radical (unpaired) electrons. The number of nitrogens with one attached hydrogen (secondary N) is 1. The molecule has 1 fully saturated rings. The number of carbonyl (C=O) groups excluding carboxylic acids is 1. The van der Waals surface area contributed by atoms with Crippen LogP contribution in [0.5, 0.6) is 0 Å². The molecule has 0 bridgehead atoms. The van der Waals surface area contributed by atoms with Crippen LogP contribution in [0.25, 0.3) is 0 Å². The number of carbonyl (C=O) groups is 1. The number of nitrogen functional groups attached to an aromatic ring is 1. The Morgan fingerprint density at radius 1 is 1.44 bits per heavy atom. The highest BCUT2D eigenvalue weighted by molar-refractivity contribution is 5.80. The van der Waals surface area contributed by atoms with Crippen LogP contribution in [-0.2, 0) is 11.2 Å². The van der Waals surface area contributed by atoms with Gasteiger partial charge in [0.1, 0.15) is 11.6 Å². The topological polar surface area (TPSA) is 68.0 Å². The fraction of sp³-hybridized carbons (Fsp3) is 0.571. The molecule has 0 atom stereocenters. The summed E-state index contributed by atoms with van der Waals surface area (Å²) in [4.78, 5) is 15.8. The molecule has 0 aliphatic carbocycles. The normalized spacial score (nSPS) is 16.7. The number of aromatic nitrogens is 1. The zero-order chi connectivity index (χ0) is 12.8. The Bertz CT molecular complexity index is 400. The van der Waals surface area contributed by atoms with Gasteiger partial charge in [0, 0.05) is 19.0 Å². The molecular weight excluding hydrogens is 226 g/mol. The van der Waals surface area contributed by atoms with E-state index >= 15 is 0 Å². The van der Waals surface area contributed by atoms with Gasteiger partial charge in [-0.05, 0) is 56.0 Å². The molecular formula is C14H21N3O. The predicted octanol–water partition coefficient (Wildman–Crippen LogP) is 1.56. The zero-order valence-corrected chi connectivity index (χ0v) is 10.7. The van der Waals surface area contributed by atoms with Gasteiger partial charge in [0.25, 0.3) is 0 Å². The third kappa shape index (κ3) is 4.11. The molecule has 2 heterocycles. The summed E-state index contributed by atoms with van der Waals surface area (Å²) >= 11 is 0. The maximum atomic E-state index is 11.9. The van der Waals surface area contributed by atoms with E-state index in [1.54, 1.807) is 12.3 Å². The second kappa shape index (κ2) is 6.50. The van der Waals surface area contributed by atoms with Crippen LogP contribution < -0.4 is 11.1 Å². The first-order valence-electron chi connectivity index (χ1n) is 6.67. The molecule has 0 amide bonds. The quantitative estimate of drug-likeness (QED) is 0.828. The van der Waals surface area contributed by atoms with Crippen LogP contribution in [0, 0.1) is 5.92 Å². The van der Waals surface area contributed by atoms with Crippen molar-refractivity contribution in [1.82, 2.24) is 10.3 Å². The third-order valence-electron chi connectivity index (χ3n) is 3.54. The van der Waals surface area contributed by atoms with Crippen molar-refractivity contribution in [2.75, 3.05) is 18.8 Å². The van der Waals surface area contributed by atoms with Gasteiger partial charge in [-0.1, -0.05) is 0 Å². The highest BCUT2D eigenvalue weighted by atomic mass is 16.1. The minimum absolute atomic E-state index is 0.305. The number of anilines is 1. The number of ketones is 1. The van der Waals surface area contributed by atoms with Crippen LogP contribution in [-0.4, -0.2) is 23.9 Å². The number of piperidine rings is 1. The van der Waals surface area contributed by atoms with Crippen LogP contribution in [0.3, 0.4) is 0 Å². The van der Waals surface area contributed by atoms with Crippen molar-refractivity contribution in [1.29, 1.82) is 0 Å². The highest BCUT2D eigenvalue weighted by Crippen LogP contribution is 2.18. The molecule has 1 aromatic rings. The van der Waals surface area contributed by atoms with E-state index in [0.29, 0.717) is 24.4 Å². The average Bonchev–Trinajstić information content (AvgIpc) is 2.38. The molecule has 1 aliphatic rings. The summed E-state index contributed by atoms with van der Waals surface area (Å²) in [6.07, 6.45) is 6.27. The first-order chi connectivity index (χ1) is 8.74. The Kier molecular flexibility index (Phi) is 4.70. The Labute approximate surface area is 108 Å². The van der Waals surface area contributed by atoms with Crippen LogP contribution in [0.15, 0.2) is 18.3 Å². The van der Waals surface area contributed by atoms with E-state index in [-0.39, 0.29) is 0 Å². The number of hydrogen-bond acceptors (Lipinski definition) is 4. The molecule has 0 aromatic carbocycles. The molecule has 0 unspecified atom stereocenters. The number of hydrogen-bond donors (Lipinski definition) is 2. The number of rotatable bonds is 5. The SMILES string of the molecule is Nc1cc(CC(=O)CCC2CCNCC2)ccn1. The van der Waals surface area contributed by atoms with Gasteiger partial charge in [-0.2, -0.15) is 0 Å². The van der Waals surface area contributed by atoms with Gasteiger partial charge in [0.2, 0.25) is 0 Å². The van der Waals surface area contributed by atoms with Crippen molar-refractivity contribution in [2.24, 2.45) is 5.92 Å². The minimum atomic E-state index is 0.305. The van der Waals surface area contributed by atoms with Crippen LogP contribution in [0.2, 0.25) is 0 Å². The van der Waals surface area contributed by atoms with Crippen LogP contribution in [0.4, 0.5) is 5.82 Å². The standard InChI is InChI=1S/C14H21N3O/c15-14-10-12(5-8-17-14)9-13(18)2-1-11-3-6-16-7-4-11/h5,8,10-11,16H,1-4,6-7,9H2,(H2,15,17). The number of pyridine rings is 1. The lowest BCUT2D eigenvalue weighted by Gasteiger charge is -2.22. The predicted molar refractivity (Wildman–Crippen MR) is 72.2 cm³/mol. The second-order valence-corrected chi connectivity index (χ2v) is 5.04. The summed E-state index contributed by atoms with van der Waals surface area (Å²) in [5.41, 5.74) is 6.57. The van der Waals surface area contributed by atoms with Gasteiger partial charge in [0.15, 0.2) is 0 Å². The molecule has 1 aliphatic heterocycles. The van der Waals surface area contributed by atoms with Crippen molar-refractivity contribution in [3.05, 3.63) is 23.9 Å². The van der Waals surface area contributed by atoms with Crippen molar-refractivity contribution in [3.8, 4) is 0 Å². The lowest BCUT2D eigenvalue weighted by Crippen LogP contribution is -2.28. The summed E-state index contributed by atoms with van der Waals surface area (Å²) in [7, 11) is 0. The maximum Gasteiger partial charge on any atom is 0.137 e. The Hall–Kier alpha value is -1.42. The minimum Gasteiger partial charge on any atom is -0.384 e. The number of nitrogens with zero attached hydrogens (tertiary/aromatic N) is 1. The second-order valence-electron chi connectivity index (χ2n) is 5.04. The molecule has 1 saturated heterocycles. The Morgan fingerprint density at radius 2 is 2.22 bits per heavy atom. The van der Waals surface area contributed by atoms with Gasteiger partial charge in [-0.15, -0.1) is 0 Å². The van der Waals surface area contributed by atoms with E-state index in [4.69, 9.17) is 5.73 Å². The first kappa shape index (κ1) is 13.0. The number of Topliss-reactive ketones (excluding diaryl/α,β-unsaturated/α-hetero) is 1. The average molecular weight is 247 g/mol. The molecule has 18 heavy (non-hydrogen) atoms. The van der Waals surface area contributed by atoms with Crippen molar-refractivity contribution in [2.45, 2.75) is 32.1 Å². The third-order valence-corrected chi connectivity index (χ3v) is 3.54. The van der Waals surface area contributed by atoms with Gasteiger partial charge in [-0.25, -0.2) is 4.98 Å².